The van der Waals surface area contributed by atoms with Gasteiger partial charge in [-0.15, -0.1) is 0 Å². The first-order valence-corrected chi connectivity index (χ1v) is 6.13. The fourth-order valence-corrected chi connectivity index (χ4v) is 2.18. The van der Waals surface area contributed by atoms with E-state index in [1.807, 2.05) is 24.4 Å². The van der Waals surface area contributed by atoms with E-state index in [2.05, 4.69) is 42.2 Å². The monoisotopic (exact) mass is 244 g/mol. The molecular weight excluding hydrogens is 232 g/mol. The predicted molar refractivity (Wildman–Crippen MR) is 76.6 cm³/mol. The Morgan fingerprint density at radius 1 is 1.00 bits per heavy atom. The highest BCUT2D eigenvalue weighted by atomic mass is 14.6. The summed E-state index contributed by atoms with van der Waals surface area (Å²) < 4.78 is 0. The largest absolute Gasteiger partial charge is 0.256 e. The van der Waals surface area contributed by atoms with Crippen LogP contribution in [0.3, 0.4) is 0 Å². The van der Waals surface area contributed by atoms with Crippen LogP contribution in [0.5, 0.6) is 0 Å². The van der Waals surface area contributed by atoms with Crippen LogP contribution in [0.25, 0.3) is 22.0 Å². The van der Waals surface area contributed by atoms with Gasteiger partial charge >= 0.3 is 0 Å². The van der Waals surface area contributed by atoms with E-state index < -0.39 is 0 Å². The molecule has 0 N–H and O–H groups in total. The molecule has 1 aromatic heterocycles. The van der Waals surface area contributed by atoms with Gasteiger partial charge < -0.3 is 0 Å². The van der Waals surface area contributed by atoms with Crippen LogP contribution in [-0.2, 0) is 0 Å². The van der Waals surface area contributed by atoms with Crippen molar-refractivity contribution in [2.24, 2.45) is 0 Å². The first-order valence-electron chi connectivity index (χ1n) is 6.13. The maximum absolute atomic E-state index is 8.95. The lowest BCUT2D eigenvalue weighted by Gasteiger charge is -2.04. The van der Waals surface area contributed by atoms with Gasteiger partial charge in [-0.05, 0) is 36.8 Å². The number of fused-ring (bicyclic) bond motifs is 1. The molecule has 0 amide bonds. The van der Waals surface area contributed by atoms with Crippen molar-refractivity contribution in [1.82, 2.24) is 4.98 Å². The summed E-state index contributed by atoms with van der Waals surface area (Å²) in [6, 6.07) is 18.1. The van der Waals surface area contributed by atoms with Crippen molar-refractivity contribution >= 4 is 10.9 Å². The van der Waals surface area contributed by atoms with Crippen LogP contribution >= 0.6 is 0 Å². The zero-order valence-corrected chi connectivity index (χ0v) is 10.6. The maximum Gasteiger partial charge on any atom is 0.0991 e. The Morgan fingerprint density at radius 3 is 2.68 bits per heavy atom. The molecule has 0 bridgehead atoms. The van der Waals surface area contributed by atoms with E-state index in [1.165, 1.54) is 5.56 Å². The lowest BCUT2D eigenvalue weighted by Crippen LogP contribution is -1.85. The highest BCUT2D eigenvalue weighted by Crippen LogP contribution is 2.24. The molecule has 0 spiro atoms. The summed E-state index contributed by atoms with van der Waals surface area (Å²) in [5, 5.41) is 9.95. The van der Waals surface area contributed by atoms with Gasteiger partial charge in [0.25, 0.3) is 0 Å². The first-order chi connectivity index (χ1) is 9.26. The van der Waals surface area contributed by atoms with E-state index in [0.717, 1.165) is 22.0 Å². The molecule has 90 valence electrons. The summed E-state index contributed by atoms with van der Waals surface area (Å²) >= 11 is 0. The van der Waals surface area contributed by atoms with Crippen molar-refractivity contribution in [2.45, 2.75) is 6.92 Å². The van der Waals surface area contributed by atoms with Crippen LogP contribution in [0.1, 0.15) is 11.1 Å². The fraction of sp³-hybridized carbons (Fsp3) is 0.0588. The highest BCUT2D eigenvalue weighted by molar-refractivity contribution is 5.84. The molecule has 19 heavy (non-hydrogen) atoms. The number of hydrogen-bond acceptors (Lipinski definition) is 2. The summed E-state index contributed by atoms with van der Waals surface area (Å²) in [6.45, 7) is 2.08. The minimum absolute atomic E-state index is 0.663. The zero-order chi connectivity index (χ0) is 13.2. The van der Waals surface area contributed by atoms with Gasteiger partial charge in [0.1, 0.15) is 0 Å². The summed E-state index contributed by atoms with van der Waals surface area (Å²) in [5.74, 6) is 0. The number of hydrogen-bond donors (Lipinski definition) is 0. The van der Waals surface area contributed by atoms with Gasteiger partial charge in [0.05, 0.1) is 17.1 Å². The molecule has 3 rings (SSSR count). The number of nitriles is 1. The number of pyridine rings is 1. The average Bonchev–Trinajstić information content (AvgIpc) is 2.46. The van der Waals surface area contributed by atoms with E-state index in [1.54, 1.807) is 6.07 Å². The Balaban J connectivity index is 2.18. The summed E-state index contributed by atoms with van der Waals surface area (Å²) in [5.41, 5.74) is 5.03. The minimum Gasteiger partial charge on any atom is -0.256 e. The molecule has 2 aromatic carbocycles. The standard InChI is InChI=1S/C17H12N2/c1-12-3-2-4-14(7-12)16-9-15-8-13(10-18)5-6-17(15)19-11-16/h2-9,11H,1H3. The molecule has 0 unspecified atom stereocenters. The Labute approximate surface area is 112 Å². The van der Waals surface area contributed by atoms with E-state index in [-0.39, 0.29) is 0 Å². The van der Waals surface area contributed by atoms with Gasteiger partial charge in [0.15, 0.2) is 0 Å². The van der Waals surface area contributed by atoms with Gasteiger partial charge in [0, 0.05) is 17.1 Å². The molecule has 0 aliphatic carbocycles. The molecule has 0 atom stereocenters. The lowest BCUT2D eigenvalue weighted by molar-refractivity contribution is 1.39. The van der Waals surface area contributed by atoms with Crippen LogP contribution < -0.4 is 0 Å². The zero-order valence-electron chi connectivity index (χ0n) is 10.6. The van der Waals surface area contributed by atoms with Crippen molar-refractivity contribution in [3.63, 3.8) is 0 Å². The molecule has 0 saturated heterocycles. The molecule has 0 radical (unpaired) electrons. The van der Waals surface area contributed by atoms with Crippen LogP contribution in [0.2, 0.25) is 0 Å². The van der Waals surface area contributed by atoms with Crippen molar-refractivity contribution in [2.75, 3.05) is 0 Å². The average molecular weight is 244 g/mol. The van der Waals surface area contributed by atoms with Gasteiger partial charge in [-0.2, -0.15) is 5.26 Å². The molecule has 1 heterocycles. The lowest BCUT2D eigenvalue weighted by atomic mass is 10.0. The Kier molecular flexibility index (Phi) is 2.74. The second kappa shape index (κ2) is 4.55. The normalized spacial score (nSPS) is 10.3. The summed E-state index contributed by atoms with van der Waals surface area (Å²) in [7, 11) is 0. The Bertz CT molecular complexity index is 798. The molecule has 3 aromatic rings. The van der Waals surface area contributed by atoms with Crippen molar-refractivity contribution < 1.29 is 0 Å². The quantitative estimate of drug-likeness (QED) is 0.646. The summed E-state index contributed by atoms with van der Waals surface area (Å²) in [4.78, 5) is 4.45. The molecule has 2 nitrogen and oxygen atoms in total. The van der Waals surface area contributed by atoms with Gasteiger partial charge in [-0.3, -0.25) is 4.98 Å². The van der Waals surface area contributed by atoms with Crippen molar-refractivity contribution in [3.05, 3.63) is 65.9 Å². The molecule has 0 saturated carbocycles. The number of aromatic nitrogens is 1. The number of aryl methyl sites for hydroxylation is 1. The van der Waals surface area contributed by atoms with Gasteiger partial charge in [-0.25, -0.2) is 0 Å². The van der Waals surface area contributed by atoms with Crippen molar-refractivity contribution in [1.29, 1.82) is 5.26 Å². The number of nitrogens with zero attached hydrogens (tertiary/aromatic N) is 2. The SMILES string of the molecule is Cc1cccc(-c2cnc3ccc(C#N)cc3c2)c1. The third-order valence-electron chi connectivity index (χ3n) is 3.16. The molecule has 2 heteroatoms. The second-order valence-electron chi connectivity index (χ2n) is 4.61. The second-order valence-corrected chi connectivity index (χ2v) is 4.61. The third kappa shape index (κ3) is 2.19. The molecule has 0 fully saturated rings. The van der Waals surface area contributed by atoms with E-state index >= 15 is 0 Å². The van der Waals surface area contributed by atoms with Gasteiger partial charge in [-0.1, -0.05) is 29.8 Å². The number of rotatable bonds is 1. The van der Waals surface area contributed by atoms with Crippen LogP contribution in [0, 0.1) is 18.3 Å². The molecule has 0 aliphatic heterocycles. The smallest absolute Gasteiger partial charge is 0.0991 e. The van der Waals surface area contributed by atoms with E-state index in [4.69, 9.17) is 5.26 Å². The predicted octanol–water partition coefficient (Wildman–Crippen LogP) is 4.08. The molecular formula is C17H12N2. The Hall–Kier alpha value is -2.66. The van der Waals surface area contributed by atoms with Gasteiger partial charge in [0.2, 0.25) is 0 Å². The van der Waals surface area contributed by atoms with Crippen molar-refractivity contribution in [3.8, 4) is 17.2 Å². The highest BCUT2D eigenvalue weighted by Gasteiger charge is 2.02. The number of benzene rings is 2. The van der Waals surface area contributed by atoms with E-state index in [0.29, 0.717) is 5.56 Å². The van der Waals surface area contributed by atoms with E-state index in [9.17, 15) is 0 Å². The maximum atomic E-state index is 8.95. The first kappa shape index (κ1) is 11.4. The fourth-order valence-electron chi connectivity index (χ4n) is 2.18. The third-order valence-corrected chi connectivity index (χ3v) is 3.16. The minimum atomic E-state index is 0.663. The van der Waals surface area contributed by atoms with Crippen LogP contribution in [-0.4, -0.2) is 4.98 Å². The van der Waals surface area contributed by atoms with Crippen LogP contribution in [0.15, 0.2) is 54.7 Å². The van der Waals surface area contributed by atoms with Crippen LogP contribution in [0.4, 0.5) is 0 Å². The molecule has 0 aliphatic rings. The summed E-state index contributed by atoms with van der Waals surface area (Å²) in [6.07, 6.45) is 1.88. The topological polar surface area (TPSA) is 36.7 Å². The Morgan fingerprint density at radius 2 is 1.89 bits per heavy atom.